The molecule has 6 heteroatoms. The molecule has 0 saturated carbocycles. The summed E-state index contributed by atoms with van der Waals surface area (Å²) in [7, 11) is 0. The summed E-state index contributed by atoms with van der Waals surface area (Å²) in [5.41, 5.74) is 0. The van der Waals surface area contributed by atoms with Gasteiger partial charge in [0.25, 0.3) is 0 Å². The van der Waals surface area contributed by atoms with E-state index in [0.717, 1.165) is 0 Å². The van der Waals surface area contributed by atoms with E-state index in [0.29, 0.717) is 18.8 Å². The molecular formula is C10H14N4O2. The van der Waals surface area contributed by atoms with Gasteiger partial charge in [-0.3, -0.25) is 4.79 Å². The maximum absolute atomic E-state index is 11.4. The first-order valence-electron chi connectivity index (χ1n) is 4.94. The largest absolute Gasteiger partial charge is 0.344 e. The van der Waals surface area contributed by atoms with Crippen LogP contribution in [-0.4, -0.2) is 35.2 Å². The highest BCUT2D eigenvalue weighted by atomic mass is 16.5. The Hall–Kier alpha value is -1.87. The number of carbonyl (C=O) groups excluding carboxylic acids is 1. The van der Waals surface area contributed by atoms with Crippen LogP contribution in [0.3, 0.4) is 0 Å². The molecule has 1 heterocycles. The average Bonchev–Trinajstić information content (AvgIpc) is 2.78. The van der Waals surface area contributed by atoms with Gasteiger partial charge in [0.05, 0.1) is 12.6 Å². The second kappa shape index (κ2) is 6.58. The maximum atomic E-state index is 11.4. The van der Waals surface area contributed by atoms with Crippen molar-refractivity contribution in [2.45, 2.75) is 19.4 Å². The summed E-state index contributed by atoms with van der Waals surface area (Å²) in [6, 6.07) is -0.291. The molecule has 0 aliphatic carbocycles. The molecule has 16 heavy (non-hydrogen) atoms. The van der Waals surface area contributed by atoms with E-state index in [9.17, 15) is 4.79 Å². The third kappa shape index (κ3) is 4.11. The summed E-state index contributed by atoms with van der Waals surface area (Å²) >= 11 is 0. The smallest absolute Gasteiger partial charge is 0.237 e. The molecule has 0 aliphatic heterocycles. The Labute approximate surface area is 93.8 Å². The number of nitrogens with zero attached hydrogens (tertiary/aromatic N) is 2. The minimum Gasteiger partial charge on any atom is -0.344 e. The van der Waals surface area contributed by atoms with Crippen LogP contribution < -0.4 is 10.6 Å². The first kappa shape index (κ1) is 12.2. The summed E-state index contributed by atoms with van der Waals surface area (Å²) in [6.45, 7) is 2.61. The van der Waals surface area contributed by atoms with Crippen molar-refractivity contribution in [3.63, 3.8) is 0 Å². The van der Waals surface area contributed by atoms with Gasteiger partial charge in [-0.05, 0) is 6.92 Å². The standard InChI is InChI=1S/C10H14N4O2/c1-3-5-12-10(15)8(2)11-6-4-9-13-7-16-14-9/h1,7-8,11H,4-6H2,2H3,(H,12,15). The second-order valence-electron chi connectivity index (χ2n) is 3.20. The third-order valence-corrected chi connectivity index (χ3v) is 1.96. The van der Waals surface area contributed by atoms with Crippen molar-refractivity contribution in [1.29, 1.82) is 0 Å². The summed E-state index contributed by atoms with van der Waals surface area (Å²) in [4.78, 5) is 15.2. The van der Waals surface area contributed by atoms with Crippen LogP contribution >= 0.6 is 0 Å². The SMILES string of the molecule is C#CCNC(=O)C(C)NCCc1ncon1. The number of aromatic nitrogens is 2. The van der Waals surface area contributed by atoms with Crippen LogP contribution in [0.15, 0.2) is 10.9 Å². The van der Waals surface area contributed by atoms with E-state index in [1.807, 2.05) is 0 Å². The molecule has 1 atom stereocenters. The minimum absolute atomic E-state index is 0.119. The fourth-order valence-corrected chi connectivity index (χ4v) is 1.09. The van der Waals surface area contributed by atoms with Crippen molar-refractivity contribution in [3.05, 3.63) is 12.2 Å². The van der Waals surface area contributed by atoms with E-state index in [1.165, 1.54) is 6.39 Å². The summed E-state index contributed by atoms with van der Waals surface area (Å²) in [6.07, 6.45) is 6.92. The van der Waals surface area contributed by atoms with Crippen LogP contribution in [0, 0.1) is 12.3 Å². The molecule has 2 N–H and O–H groups in total. The molecule has 0 radical (unpaired) electrons. The molecule has 1 aromatic rings. The van der Waals surface area contributed by atoms with Gasteiger partial charge < -0.3 is 15.2 Å². The molecule has 1 amide bonds. The first-order chi connectivity index (χ1) is 7.74. The van der Waals surface area contributed by atoms with Crippen LogP contribution in [0.4, 0.5) is 0 Å². The number of rotatable bonds is 6. The quantitative estimate of drug-likeness (QED) is 0.625. The van der Waals surface area contributed by atoms with Crippen molar-refractivity contribution in [2.24, 2.45) is 0 Å². The van der Waals surface area contributed by atoms with Gasteiger partial charge >= 0.3 is 0 Å². The van der Waals surface area contributed by atoms with Crippen LogP contribution in [0.2, 0.25) is 0 Å². The van der Waals surface area contributed by atoms with Gasteiger partial charge in [0.15, 0.2) is 5.82 Å². The molecule has 6 nitrogen and oxygen atoms in total. The first-order valence-corrected chi connectivity index (χ1v) is 4.94. The number of terminal acetylenes is 1. The van der Waals surface area contributed by atoms with Gasteiger partial charge in [0, 0.05) is 13.0 Å². The van der Waals surface area contributed by atoms with Crippen molar-refractivity contribution in [2.75, 3.05) is 13.1 Å². The molecular weight excluding hydrogens is 208 g/mol. The van der Waals surface area contributed by atoms with Crippen molar-refractivity contribution in [3.8, 4) is 12.3 Å². The van der Waals surface area contributed by atoms with Crippen LogP contribution in [-0.2, 0) is 11.2 Å². The number of hydrogen-bond donors (Lipinski definition) is 2. The number of hydrogen-bond acceptors (Lipinski definition) is 5. The van der Waals surface area contributed by atoms with E-state index in [1.54, 1.807) is 6.92 Å². The van der Waals surface area contributed by atoms with Crippen molar-refractivity contribution < 1.29 is 9.32 Å². The zero-order valence-electron chi connectivity index (χ0n) is 9.06. The lowest BCUT2D eigenvalue weighted by atomic mass is 10.3. The van der Waals surface area contributed by atoms with Crippen LogP contribution in [0.1, 0.15) is 12.7 Å². The van der Waals surface area contributed by atoms with Crippen molar-refractivity contribution >= 4 is 5.91 Å². The average molecular weight is 222 g/mol. The van der Waals surface area contributed by atoms with Crippen LogP contribution in [0.25, 0.3) is 0 Å². The highest BCUT2D eigenvalue weighted by Gasteiger charge is 2.10. The lowest BCUT2D eigenvalue weighted by Crippen LogP contribution is -2.43. The van der Waals surface area contributed by atoms with Gasteiger partial charge in [-0.1, -0.05) is 11.1 Å². The molecule has 1 unspecified atom stereocenters. The summed E-state index contributed by atoms with van der Waals surface area (Å²) in [5.74, 6) is 2.84. The topological polar surface area (TPSA) is 80.0 Å². The van der Waals surface area contributed by atoms with E-state index < -0.39 is 0 Å². The lowest BCUT2D eigenvalue weighted by Gasteiger charge is -2.11. The molecule has 0 fully saturated rings. The number of amides is 1. The summed E-state index contributed by atoms with van der Waals surface area (Å²) in [5, 5.41) is 9.27. The molecule has 0 saturated heterocycles. The molecule has 0 bridgehead atoms. The number of nitrogens with one attached hydrogen (secondary N) is 2. The van der Waals surface area contributed by atoms with E-state index in [4.69, 9.17) is 6.42 Å². The lowest BCUT2D eigenvalue weighted by molar-refractivity contribution is -0.122. The Balaban J connectivity index is 2.17. The number of carbonyl (C=O) groups is 1. The highest BCUT2D eigenvalue weighted by Crippen LogP contribution is 1.89. The van der Waals surface area contributed by atoms with Crippen molar-refractivity contribution in [1.82, 2.24) is 20.8 Å². The predicted octanol–water partition coefficient (Wildman–Crippen LogP) is -0.660. The van der Waals surface area contributed by atoms with E-state index in [-0.39, 0.29) is 18.5 Å². The normalized spacial score (nSPS) is 11.8. The Bertz CT molecular complexity index is 355. The molecule has 1 aromatic heterocycles. The zero-order valence-corrected chi connectivity index (χ0v) is 9.06. The molecule has 0 aliphatic rings. The molecule has 86 valence electrons. The summed E-state index contributed by atoms with van der Waals surface area (Å²) < 4.78 is 4.58. The van der Waals surface area contributed by atoms with Gasteiger partial charge in [-0.25, -0.2) is 0 Å². The fourth-order valence-electron chi connectivity index (χ4n) is 1.09. The second-order valence-corrected chi connectivity index (χ2v) is 3.20. The minimum atomic E-state index is -0.291. The fraction of sp³-hybridized carbons (Fsp3) is 0.500. The van der Waals surface area contributed by atoms with E-state index in [2.05, 4.69) is 31.2 Å². The predicted molar refractivity (Wildman–Crippen MR) is 57.3 cm³/mol. The van der Waals surface area contributed by atoms with Crippen LogP contribution in [0.5, 0.6) is 0 Å². The highest BCUT2D eigenvalue weighted by molar-refractivity contribution is 5.81. The van der Waals surface area contributed by atoms with Gasteiger partial charge in [-0.2, -0.15) is 4.98 Å². The Kier molecular flexibility index (Phi) is 5.02. The Morgan fingerprint density at radius 1 is 1.75 bits per heavy atom. The van der Waals surface area contributed by atoms with E-state index >= 15 is 0 Å². The van der Waals surface area contributed by atoms with Gasteiger partial charge in [-0.15, -0.1) is 6.42 Å². The Morgan fingerprint density at radius 3 is 3.19 bits per heavy atom. The third-order valence-electron chi connectivity index (χ3n) is 1.96. The maximum Gasteiger partial charge on any atom is 0.237 e. The zero-order chi connectivity index (χ0) is 11.8. The van der Waals surface area contributed by atoms with Gasteiger partial charge in [0.1, 0.15) is 0 Å². The molecule has 0 spiro atoms. The molecule has 1 rings (SSSR count). The Morgan fingerprint density at radius 2 is 2.56 bits per heavy atom. The molecule has 0 aromatic carbocycles. The monoisotopic (exact) mass is 222 g/mol. The van der Waals surface area contributed by atoms with Gasteiger partial charge in [0.2, 0.25) is 12.3 Å².